The Bertz CT molecular complexity index is 305. The van der Waals surface area contributed by atoms with Gasteiger partial charge < -0.3 is 10.1 Å². The molecule has 0 unspecified atom stereocenters. The third-order valence-corrected chi connectivity index (χ3v) is 1.78. The van der Waals surface area contributed by atoms with Crippen LogP contribution in [0.5, 0.6) is 0 Å². The molecule has 0 aliphatic carbocycles. The zero-order chi connectivity index (χ0) is 8.43. The Labute approximate surface area is 74.7 Å². The smallest absolute Gasteiger partial charge is 0.358 e. The van der Waals surface area contributed by atoms with Crippen molar-refractivity contribution in [3.63, 3.8) is 0 Å². The number of halogens is 2. The van der Waals surface area contributed by atoms with Gasteiger partial charge in [-0.2, -0.15) is 4.39 Å². The van der Waals surface area contributed by atoms with Crippen LogP contribution in [0.2, 0.25) is 0 Å². The Kier molecular flexibility index (Phi) is 2.32. The molecule has 0 saturated carbocycles. The van der Waals surface area contributed by atoms with Crippen LogP contribution >= 0.6 is 22.6 Å². The maximum atomic E-state index is 12.5. The second-order valence-electron chi connectivity index (χ2n) is 1.70. The van der Waals surface area contributed by atoms with Gasteiger partial charge in [-0.25, -0.2) is 0 Å². The van der Waals surface area contributed by atoms with Crippen LogP contribution in [0.1, 0.15) is 0 Å². The lowest BCUT2D eigenvalue weighted by molar-refractivity contribution is -0.389. The minimum atomic E-state index is -0.806. The van der Waals surface area contributed by atoms with Crippen molar-refractivity contribution in [3.05, 3.63) is 31.8 Å². The SMILES string of the molecule is O=[N+]([O-])c1ccc(I)c(F)n1. The van der Waals surface area contributed by atoms with Crippen LogP contribution < -0.4 is 0 Å². The van der Waals surface area contributed by atoms with E-state index in [9.17, 15) is 14.5 Å². The molecular weight excluding hydrogens is 266 g/mol. The molecule has 0 aliphatic heterocycles. The third kappa shape index (κ3) is 1.82. The number of aromatic nitrogens is 1. The predicted molar refractivity (Wildman–Crippen MR) is 43.6 cm³/mol. The highest BCUT2D eigenvalue weighted by Crippen LogP contribution is 2.12. The second kappa shape index (κ2) is 3.07. The van der Waals surface area contributed by atoms with Crippen LogP contribution in [0, 0.1) is 19.6 Å². The van der Waals surface area contributed by atoms with Crippen molar-refractivity contribution in [2.75, 3.05) is 0 Å². The molecule has 0 saturated heterocycles. The molecule has 1 heterocycles. The van der Waals surface area contributed by atoms with Crippen LogP contribution in [-0.2, 0) is 0 Å². The van der Waals surface area contributed by atoms with Gasteiger partial charge in [0.25, 0.3) is 0 Å². The van der Waals surface area contributed by atoms with Gasteiger partial charge in [-0.15, -0.1) is 0 Å². The summed E-state index contributed by atoms with van der Waals surface area (Å²) < 4.78 is 12.8. The van der Waals surface area contributed by atoms with Crippen molar-refractivity contribution in [3.8, 4) is 0 Å². The molecule has 0 aromatic carbocycles. The lowest BCUT2D eigenvalue weighted by atomic mass is 10.5. The van der Waals surface area contributed by atoms with Gasteiger partial charge in [0.05, 0.1) is 3.57 Å². The first-order chi connectivity index (χ1) is 5.11. The predicted octanol–water partition coefficient (Wildman–Crippen LogP) is 1.73. The topological polar surface area (TPSA) is 56.0 Å². The molecule has 1 aromatic heterocycles. The number of pyridine rings is 1. The van der Waals surface area contributed by atoms with Gasteiger partial charge in [0.15, 0.2) is 0 Å². The molecule has 58 valence electrons. The molecule has 0 radical (unpaired) electrons. The highest BCUT2D eigenvalue weighted by Gasteiger charge is 2.12. The zero-order valence-corrected chi connectivity index (χ0v) is 7.28. The summed E-state index contributed by atoms with van der Waals surface area (Å²) in [5.41, 5.74) is 0. The summed E-state index contributed by atoms with van der Waals surface area (Å²) in [6, 6.07) is 2.46. The van der Waals surface area contributed by atoms with Crippen molar-refractivity contribution < 1.29 is 9.31 Å². The van der Waals surface area contributed by atoms with E-state index in [4.69, 9.17) is 0 Å². The minimum Gasteiger partial charge on any atom is -0.358 e. The Morgan fingerprint density at radius 1 is 1.64 bits per heavy atom. The molecule has 0 aliphatic rings. The Balaban J connectivity index is 3.15. The standard InChI is InChI=1S/C5H2FIN2O2/c6-5-3(7)1-2-4(8-5)9(10)11/h1-2H. The summed E-state index contributed by atoms with van der Waals surface area (Å²) in [4.78, 5) is 12.4. The van der Waals surface area contributed by atoms with E-state index in [0.29, 0.717) is 0 Å². The molecule has 0 atom stereocenters. The van der Waals surface area contributed by atoms with Crippen LogP contribution in [0.15, 0.2) is 12.1 Å². The molecule has 6 heteroatoms. The second-order valence-corrected chi connectivity index (χ2v) is 2.86. The molecule has 1 aromatic rings. The first-order valence-corrected chi connectivity index (χ1v) is 3.65. The van der Waals surface area contributed by atoms with E-state index in [0.717, 1.165) is 6.07 Å². The van der Waals surface area contributed by atoms with E-state index in [2.05, 4.69) is 4.98 Å². The van der Waals surface area contributed by atoms with Crippen molar-refractivity contribution in [2.45, 2.75) is 0 Å². The maximum absolute atomic E-state index is 12.5. The van der Waals surface area contributed by atoms with Crippen LogP contribution in [-0.4, -0.2) is 9.91 Å². The molecule has 0 spiro atoms. The first kappa shape index (κ1) is 8.31. The molecule has 11 heavy (non-hydrogen) atoms. The van der Waals surface area contributed by atoms with Gasteiger partial charge in [-0.05, 0) is 38.6 Å². The van der Waals surface area contributed by atoms with Crippen LogP contribution in [0.3, 0.4) is 0 Å². The lowest BCUT2D eigenvalue weighted by Crippen LogP contribution is -1.95. The van der Waals surface area contributed by atoms with E-state index in [-0.39, 0.29) is 3.57 Å². The highest BCUT2D eigenvalue weighted by atomic mass is 127. The van der Waals surface area contributed by atoms with Crippen molar-refractivity contribution in [2.24, 2.45) is 0 Å². The molecule has 4 nitrogen and oxygen atoms in total. The molecular formula is C5H2FIN2O2. The third-order valence-electron chi connectivity index (χ3n) is 0.976. The van der Waals surface area contributed by atoms with E-state index < -0.39 is 16.7 Å². The Morgan fingerprint density at radius 3 is 2.73 bits per heavy atom. The minimum absolute atomic E-state index is 0.271. The zero-order valence-electron chi connectivity index (χ0n) is 5.12. The fraction of sp³-hybridized carbons (Fsp3) is 0. The average molecular weight is 268 g/mol. The first-order valence-electron chi connectivity index (χ1n) is 2.57. The maximum Gasteiger partial charge on any atom is 0.366 e. The van der Waals surface area contributed by atoms with Crippen LogP contribution in [0.25, 0.3) is 0 Å². The summed E-state index contributed by atoms with van der Waals surface area (Å²) >= 11 is 1.70. The van der Waals surface area contributed by atoms with Gasteiger partial charge in [-0.1, -0.05) is 0 Å². The Hall–Kier alpha value is -0.790. The van der Waals surface area contributed by atoms with E-state index >= 15 is 0 Å². The fourth-order valence-electron chi connectivity index (χ4n) is 0.509. The van der Waals surface area contributed by atoms with Crippen molar-refractivity contribution in [1.29, 1.82) is 0 Å². The van der Waals surface area contributed by atoms with Crippen molar-refractivity contribution in [1.82, 2.24) is 4.98 Å². The van der Waals surface area contributed by atoms with Gasteiger partial charge in [0.2, 0.25) is 0 Å². The summed E-state index contributed by atoms with van der Waals surface area (Å²) in [5, 5.41) is 10.0. The number of rotatable bonds is 1. The molecule has 1 rings (SSSR count). The van der Waals surface area contributed by atoms with Gasteiger partial charge in [-0.3, -0.25) is 0 Å². The van der Waals surface area contributed by atoms with Crippen LogP contribution in [0.4, 0.5) is 10.2 Å². The highest BCUT2D eigenvalue weighted by molar-refractivity contribution is 14.1. The van der Waals surface area contributed by atoms with Gasteiger partial charge in [0.1, 0.15) is 0 Å². The summed E-state index contributed by atoms with van der Waals surface area (Å²) in [5.74, 6) is -1.28. The van der Waals surface area contributed by atoms with Crippen molar-refractivity contribution >= 4 is 28.4 Å². The van der Waals surface area contributed by atoms with E-state index in [1.54, 1.807) is 22.6 Å². The lowest BCUT2D eigenvalue weighted by Gasteiger charge is -1.90. The van der Waals surface area contributed by atoms with Gasteiger partial charge in [0, 0.05) is 6.07 Å². The monoisotopic (exact) mass is 268 g/mol. The number of nitrogens with zero attached hydrogens (tertiary/aromatic N) is 2. The number of nitro groups is 1. The number of hydrogen-bond donors (Lipinski definition) is 0. The summed E-state index contributed by atoms with van der Waals surface area (Å²) in [6.07, 6.45) is 0. The largest absolute Gasteiger partial charge is 0.366 e. The summed E-state index contributed by atoms with van der Waals surface area (Å²) in [7, 11) is 0. The van der Waals surface area contributed by atoms with E-state index in [1.807, 2.05) is 0 Å². The molecule has 0 amide bonds. The normalized spacial score (nSPS) is 9.64. The quantitative estimate of drug-likeness (QED) is 0.337. The van der Waals surface area contributed by atoms with Gasteiger partial charge >= 0.3 is 11.8 Å². The number of hydrogen-bond acceptors (Lipinski definition) is 3. The fourth-order valence-corrected chi connectivity index (χ4v) is 0.810. The molecule has 0 N–H and O–H groups in total. The summed E-state index contributed by atoms with van der Waals surface area (Å²) in [6.45, 7) is 0. The molecule has 0 bridgehead atoms. The van der Waals surface area contributed by atoms with E-state index in [1.165, 1.54) is 6.07 Å². The average Bonchev–Trinajstić information content (AvgIpc) is 1.94. The Morgan fingerprint density at radius 2 is 2.27 bits per heavy atom. The molecule has 0 fully saturated rings.